The van der Waals surface area contributed by atoms with Crippen LogP contribution in [0.4, 0.5) is 0 Å². The van der Waals surface area contributed by atoms with Crippen LogP contribution in [0, 0.1) is 0 Å². The summed E-state index contributed by atoms with van der Waals surface area (Å²) < 4.78 is 11.0. The van der Waals surface area contributed by atoms with Gasteiger partial charge in [-0.2, -0.15) is 0 Å². The van der Waals surface area contributed by atoms with Gasteiger partial charge in [0.05, 0.1) is 7.11 Å². The van der Waals surface area contributed by atoms with Gasteiger partial charge < -0.3 is 14.6 Å². The molecule has 1 heterocycles. The lowest BCUT2D eigenvalue weighted by molar-refractivity contribution is 0.219. The van der Waals surface area contributed by atoms with Crippen molar-refractivity contribution in [3.63, 3.8) is 0 Å². The van der Waals surface area contributed by atoms with E-state index in [1.807, 2.05) is 24.3 Å². The molecule has 1 atom stereocenters. The van der Waals surface area contributed by atoms with Gasteiger partial charge in [0, 0.05) is 10.6 Å². The summed E-state index contributed by atoms with van der Waals surface area (Å²) in [4.78, 5) is 1.16. The molecule has 0 bridgehead atoms. The molecule has 4 heteroatoms. The van der Waals surface area contributed by atoms with E-state index in [1.165, 1.54) is 7.11 Å². The Morgan fingerprint density at radius 3 is 2.89 bits per heavy atom. The Morgan fingerprint density at radius 2 is 2.11 bits per heavy atom. The summed E-state index contributed by atoms with van der Waals surface area (Å²) in [5.74, 6) is 2.36. The molecule has 0 amide bonds. The fourth-order valence-corrected chi connectivity index (χ4v) is 3.12. The summed E-state index contributed by atoms with van der Waals surface area (Å²) in [7, 11) is 1.54. The van der Waals surface area contributed by atoms with Crippen LogP contribution in [0.15, 0.2) is 47.4 Å². The zero-order chi connectivity index (χ0) is 13.2. The highest BCUT2D eigenvalue weighted by molar-refractivity contribution is 7.99. The molecule has 2 aromatic carbocycles. The summed E-state index contributed by atoms with van der Waals surface area (Å²) in [5, 5.41) is 9.83. The van der Waals surface area contributed by atoms with Crippen molar-refractivity contribution >= 4 is 11.8 Å². The molecule has 3 nitrogen and oxygen atoms in total. The monoisotopic (exact) mass is 274 g/mol. The van der Waals surface area contributed by atoms with Crippen LogP contribution in [0.1, 0.15) is 11.7 Å². The summed E-state index contributed by atoms with van der Waals surface area (Å²) in [5.41, 5.74) is 0.959. The highest BCUT2D eigenvalue weighted by atomic mass is 32.2. The lowest BCUT2D eigenvalue weighted by atomic mass is 10.1. The predicted molar refractivity (Wildman–Crippen MR) is 75.2 cm³/mol. The first-order valence-electron chi connectivity index (χ1n) is 6.03. The molecule has 0 saturated heterocycles. The van der Waals surface area contributed by atoms with E-state index >= 15 is 0 Å². The molecular formula is C15H14O3S. The maximum atomic E-state index is 9.83. The molecule has 1 aliphatic rings. The molecule has 0 aliphatic carbocycles. The van der Waals surface area contributed by atoms with E-state index in [9.17, 15) is 5.11 Å². The third-order valence-electron chi connectivity index (χ3n) is 3.08. The third-order valence-corrected chi connectivity index (χ3v) is 4.20. The normalized spacial score (nSPS) is 17.4. The quantitative estimate of drug-likeness (QED) is 0.907. The zero-order valence-corrected chi connectivity index (χ0v) is 11.3. The average Bonchev–Trinajstić information content (AvgIpc) is 2.46. The molecule has 1 aliphatic heterocycles. The minimum absolute atomic E-state index is 0.0447. The Morgan fingerprint density at radius 1 is 1.26 bits per heavy atom. The van der Waals surface area contributed by atoms with E-state index in [1.54, 1.807) is 23.9 Å². The summed E-state index contributed by atoms with van der Waals surface area (Å²) >= 11 is 1.77. The average molecular weight is 274 g/mol. The standard InChI is InChI=1S/C15H14O3S/c1-17-12-7-6-10(8-11(12)16)14-9-19-15-5-3-2-4-13(15)18-14/h2-8,14,16H,9H2,1H3. The van der Waals surface area contributed by atoms with E-state index in [2.05, 4.69) is 6.07 Å². The van der Waals surface area contributed by atoms with Gasteiger partial charge in [0.25, 0.3) is 0 Å². The van der Waals surface area contributed by atoms with Crippen molar-refractivity contribution in [3.05, 3.63) is 48.0 Å². The first-order chi connectivity index (χ1) is 9.28. The van der Waals surface area contributed by atoms with Crippen LogP contribution in [0.5, 0.6) is 17.2 Å². The molecule has 1 unspecified atom stereocenters. The molecule has 2 aromatic rings. The van der Waals surface area contributed by atoms with Gasteiger partial charge in [-0.25, -0.2) is 0 Å². The number of thioether (sulfide) groups is 1. The van der Waals surface area contributed by atoms with Crippen LogP contribution in [-0.4, -0.2) is 18.0 Å². The number of fused-ring (bicyclic) bond motifs is 1. The molecule has 98 valence electrons. The fourth-order valence-electron chi connectivity index (χ4n) is 2.09. The van der Waals surface area contributed by atoms with Crippen LogP contribution in [0.2, 0.25) is 0 Å². The summed E-state index contributed by atoms with van der Waals surface area (Å²) in [6.45, 7) is 0. The van der Waals surface area contributed by atoms with Gasteiger partial charge in [-0.1, -0.05) is 18.2 Å². The van der Waals surface area contributed by atoms with Crippen LogP contribution >= 0.6 is 11.8 Å². The Bertz CT molecular complexity index is 598. The number of ether oxygens (including phenoxy) is 2. The van der Waals surface area contributed by atoms with E-state index < -0.39 is 0 Å². The maximum absolute atomic E-state index is 9.83. The van der Waals surface area contributed by atoms with Crippen LogP contribution in [0.3, 0.4) is 0 Å². The van der Waals surface area contributed by atoms with Gasteiger partial charge in [-0.15, -0.1) is 11.8 Å². The van der Waals surface area contributed by atoms with Crippen LogP contribution in [0.25, 0.3) is 0 Å². The summed E-state index contributed by atoms with van der Waals surface area (Å²) in [6, 6.07) is 13.4. The molecule has 0 fully saturated rings. The van der Waals surface area contributed by atoms with Gasteiger partial charge >= 0.3 is 0 Å². The highest BCUT2D eigenvalue weighted by Crippen LogP contribution is 2.41. The van der Waals surface area contributed by atoms with Crippen molar-refractivity contribution in [1.29, 1.82) is 0 Å². The van der Waals surface area contributed by atoms with Gasteiger partial charge in [-0.05, 0) is 29.8 Å². The van der Waals surface area contributed by atoms with E-state index in [0.29, 0.717) is 5.75 Å². The van der Waals surface area contributed by atoms with Gasteiger partial charge in [0.2, 0.25) is 0 Å². The lowest BCUT2D eigenvalue weighted by Gasteiger charge is -2.26. The van der Waals surface area contributed by atoms with Gasteiger partial charge in [0.15, 0.2) is 11.5 Å². The lowest BCUT2D eigenvalue weighted by Crippen LogP contribution is -2.14. The predicted octanol–water partition coefficient (Wildman–Crippen LogP) is 3.63. The van der Waals surface area contributed by atoms with Crippen LogP contribution < -0.4 is 9.47 Å². The third kappa shape index (κ3) is 2.36. The van der Waals surface area contributed by atoms with Crippen LogP contribution in [-0.2, 0) is 0 Å². The minimum Gasteiger partial charge on any atom is -0.504 e. The smallest absolute Gasteiger partial charge is 0.160 e. The first kappa shape index (κ1) is 12.2. The molecule has 0 radical (unpaired) electrons. The number of para-hydroxylation sites is 1. The second-order valence-corrected chi connectivity index (χ2v) is 5.36. The second-order valence-electron chi connectivity index (χ2n) is 4.30. The molecule has 0 saturated carbocycles. The number of hydrogen-bond acceptors (Lipinski definition) is 4. The minimum atomic E-state index is -0.0447. The number of phenolic OH excluding ortho intramolecular Hbond substituents is 1. The van der Waals surface area contributed by atoms with E-state index in [0.717, 1.165) is 22.0 Å². The van der Waals surface area contributed by atoms with E-state index in [4.69, 9.17) is 9.47 Å². The van der Waals surface area contributed by atoms with Crippen molar-refractivity contribution in [1.82, 2.24) is 0 Å². The van der Waals surface area contributed by atoms with Crippen molar-refractivity contribution in [2.24, 2.45) is 0 Å². The van der Waals surface area contributed by atoms with Crippen molar-refractivity contribution in [2.45, 2.75) is 11.0 Å². The molecule has 1 N–H and O–H groups in total. The number of phenols is 1. The Kier molecular flexibility index (Phi) is 3.25. The molecule has 3 rings (SSSR count). The SMILES string of the molecule is COc1ccc(C2CSc3ccccc3O2)cc1O. The van der Waals surface area contributed by atoms with Gasteiger partial charge in [-0.3, -0.25) is 0 Å². The van der Waals surface area contributed by atoms with Crippen molar-refractivity contribution in [3.8, 4) is 17.2 Å². The topological polar surface area (TPSA) is 38.7 Å². The molecule has 0 spiro atoms. The van der Waals surface area contributed by atoms with Crippen molar-refractivity contribution < 1.29 is 14.6 Å². The molecule has 0 aromatic heterocycles. The number of aromatic hydroxyl groups is 1. The molecule has 19 heavy (non-hydrogen) atoms. The number of methoxy groups -OCH3 is 1. The zero-order valence-electron chi connectivity index (χ0n) is 10.5. The number of benzene rings is 2. The number of rotatable bonds is 2. The first-order valence-corrected chi connectivity index (χ1v) is 7.02. The fraction of sp³-hybridized carbons (Fsp3) is 0.200. The Balaban J connectivity index is 1.87. The largest absolute Gasteiger partial charge is 0.504 e. The van der Waals surface area contributed by atoms with Gasteiger partial charge in [0.1, 0.15) is 11.9 Å². The summed E-state index contributed by atoms with van der Waals surface area (Å²) in [6.07, 6.45) is -0.0447. The van der Waals surface area contributed by atoms with Crippen molar-refractivity contribution in [2.75, 3.05) is 12.9 Å². The number of hydrogen-bond donors (Lipinski definition) is 1. The Hall–Kier alpha value is -1.81. The molecular weight excluding hydrogens is 260 g/mol. The maximum Gasteiger partial charge on any atom is 0.160 e. The highest BCUT2D eigenvalue weighted by Gasteiger charge is 2.22. The van der Waals surface area contributed by atoms with E-state index in [-0.39, 0.29) is 11.9 Å². The Labute approximate surface area is 116 Å². The second kappa shape index (κ2) is 5.05.